The first-order valence-electron chi connectivity index (χ1n) is 5.38. The summed E-state index contributed by atoms with van der Waals surface area (Å²) in [7, 11) is 0. The lowest BCUT2D eigenvalue weighted by molar-refractivity contribution is 0.101. The molecule has 0 aliphatic heterocycles. The largest absolute Gasteiger partial charge is 0.291 e. The third-order valence-corrected chi connectivity index (χ3v) is 2.98. The number of carbonyl (C=O) groups excluding carboxylic acids is 1. The SMILES string of the molecule is O=C(CCl)c1cnc2ccc3ccncc3c2n1. The first-order chi connectivity index (χ1) is 8.79. The number of benzene rings is 1. The summed E-state index contributed by atoms with van der Waals surface area (Å²) in [6, 6.07) is 5.73. The molecule has 2 heterocycles. The zero-order chi connectivity index (χ0) is 12.5. The predicted octanol–water partition coefficient (Wildman–Crippen LogP) is 2.60. The van der Waals surface area contributed by atoms with Gasteiger partial charge in [0.15, 0.2) is 5.78 Å². The van der Waals surface area contributed by atoms with Crippen molar-refractivity contribution < 1.29 is 4.79 Å². The van der Waals surface area contributed by atoms with Gasteiger partial charge in [-0.25, -0.2) is 4.98 Å². The fourth-order valence-corrected chi connectivity index (χ4v) is 1.98. The van der Waals surface area contributed by atoms with Gasteiger partial charge in [-0.15, -0.1) is 11.6 Å². The van der Waals surface area contributed by atoms with Gasteiger partial charge in [-0.3, -0.25) is 14.8 Å². The highest BCUT2D eigenvalue weighted by Gasteiger charge is 2.09. The van der Waals surface area contributed by atoms with E-state index in [2.05, 4.69) is 15.0 Å². The minimum Gasteiger partial charge on any atom is -0.291 e. The molecule has 0 aliphatic carbocycles. The van der Waals surface area contributed by atoms with Crippen LogP contribution >= 0.6 is 11.6 Å². The van der Waals surface area contributed by atoms with Crippen molar-refractivity contribution in [3.05, 3.63) is 42.5 Å². The number of Topliss-reactive ketones (excluding diaryl/α,β-unsaturated/α-hetero) is 1. The second-order valence-corrected chi connectivity index (χ2v) is 4.11. The molecular formula is C13H8ClN3O. The van der Waals surface area contributed by atoms with Gasteiger partial charge in [0.05, 0.1) is 23.1 Å². The zero-order valence-electron chi connectivity index (χ0n) is 9.30. The number of nitrogens with zero attached hydrogens (tertiary/aromatic N) is 3. The van der Waals surface area contributed by atoms with Gasteiger partial charge in [-0.05, 0) is 17.5 Å². The van der Waals surface area contributed by atoms with E-state index in [-0.39, 0.29) is 17.4 Å². The van der Waals surface area contributed by atoms with Crippen molar-refractivity contribution in [2.75, 3.05) is 5.88 Å². The van der Waals surface area contributed by atoms with Crippen LogP contribution in [0.15, 0.2) is 36.8 Å². The summed E-state index contributed by atoms with van der Waals surface area (Å²) in [6.07, 6.45) is 4.89. The lowest BCUT2D eigenvalue weighted by Gasteiger charge is -2.03. The number of alkyl halides is 1. The van der Waals surface area contributed by atoms with Crippen LogP contribution in [-0.4, -0.2) is 26.6 Å². The first-order valence-corrected chi connectivity index (χ1v) is 5.91. The molecule has 0 saturated carbocycles. The summed E-state index contributed by atoms with van der Waals surface area (Å²) in [5.74, 6) is -0.324. The molecule has 0 radical (unpaired) electrons. The lowest BCUT2D eigenvalue weighted by atomic mass is 10.1. The molecule has 0 spiro atoms. The third kappa shape index (κ3) is 1.71. The maximum Gasteiger partial charge on any atom is 0.197 e. The van der Waals surface area contributed by atoms with Crippen molar-refractivity contribution >= 4 is 39.2 Å². The van der Waals surface area contributed by atoms with Crippen molar-refractivity contribution in [1.29, 1.82) is 0 Å². The number of fused-ring (bicyclic) bond motifs is 3. The monoisotopic (exact) mass is 257 g/mol. The van der Waals surface area contributed by atoms with E-state index in [1.54, 1.807) is 12.4 Å². The molecule has 1 aromatic carbocycles. The maximum absolute atomic E-state index is 11.5. The van der Waals surface area contributed by atoms with Crippen LogP contribution in [0, 0.1) is 0 Å². The predicted molar refractivity (Wildman–Crippen MR) is 69.9 cm³/mol. The van der Waals surface area contributed by atoms with Crippen molar-refractivity contribution in [3.63, 3.8) is 0 Å². The maximum atomic E-state index is 11.5. The highest BCUT2D eigenvalue weighted by atomic mass is 35.5. The number of rotatable bonds is 2. The Morgan fingerprint density at radius 2 is 2.11 bits per heavy atom. The summed E-state index contributed by atoms with van der Waals surface area (Å²) in [5, 5.41) is 1.90. The molecule has 0 fully saturated rings. The van der Waals surface area contributed by atoms with E-state index in [1.165, 1.54) is 6.20 Å². The molecule has 4 nitrogen and oxygen atoms in total. The molecule has 2 aromatic heterocycles. The van der Waals surface area contributed by atoms with Crippen LogP contribution in [0.4, 0.5) is 0 Å². The van der Waals surface area contributed by atoms with Crippen molar-refractivity contribution in [3.8, 4) is 0 Å². The molecule has 0 aliphatic rings. The Kier molecular flexibility index (Phi) is 2.64. The van der Waals surface area contributed by atoms with E-state index in [9.17, 15) is 4.79 Å². The average Bonchev–Trinajstić information content (AvgIpc) is 2.45. The van der Waals surface area contributed by atoms with Crippen LogP contribution < -0.4 is 0 Å². The summed E-state index contributed by atoms with van der Waals surface area (Å²) in [5.41, 5.74) is 1.70. The van der Waals surface area contributed by atoms with E-state index >= 15 is 0 Å². The topological polar surface area (TPSA) is 55.7 Å². The van der Waals surface area contributed by atoms with Gasteiger partial charge in [-0.2, -0.15) is 0 Å². The van der Waals surface area contributed by atoms with Gasteiger partial charge in [0.25, 0.3) is 0 Å². The number of aromatic nitrogens is 3. The van der Waals surface area contributed by atoms with Crippen LogP contribution in [0.3, 0.4) is 0 Å². The van der Waals surface area contributed by atoms with E-state index in [1.807, 2.05) is 18.2 Å². The number of hydrogen-bond acceptors (Lipinski definition) is 4. The molecule has 0 bridgehead atoms. The second-order valence-electron chi connectivity index (χ2n) is 3.84. The first kappa shape index (κ1) is 11.0. The van der Waals surface area contributed by atoms with Crippen LogP contribution in [-0.2, 0) is 0 Å². The fourth-order valence-electron chi connectivity index (χ4n) is 1.84. The number of ketones is 1. The molecule has 3 aromatic rings. The normalized spacial score (nSPS) is 10.9. The second kappa shape index (κ2) is 4.31. The van der Waals surface area contributed by atoms with Gasteiger partial charge in [0, 0.05) is 17.8 Å². The highest BCUT2D eigenvalue weighted by molar-refractivity contribution is 6.30. The van der Waals surface area contributed by atoms with E-state index in [4.69, 9.17) is 11.6 Å². The molecule has 18 heavy (non-hydrogen) atoms. The highest BCUT2D eigenvalue weighted by Crippen LogP contribution is 2.21. The van der Waals surface area contributed by atoms with Crippen LogP contribution in [0.25, 0.3) is 21.8 Å². The molecule has 3 rings (SSSR count). The fraction of sp³-hybridized carbons (Fsp3) is 0.0769. The molecule has 0 unspecified atom stereocenters. The number of pyridine rings is 1. The molecule has 0 N–H and O–H groups in total. The Balaban J connectivity index is 2.36. The minimum atomic E-state index is -0.230. The van der Waals surface area contributed by atoms with Crippen molar-refractivity contribution in [2.45, 2.75) is 0 Å². The van der Waals surface area contributed by atoms with E-state index < -0.39 is 0 Å². The molecule has 0 atom stereocenters. The summed E-state index contributed by atoms with van der Waals surface area (Å²) >= 11 is 5.53. The van der Waals surface area contributed by atoms with Crippen LogP contribution in [0.1, 0.15) is 10.5 Å². The molecule has 0 saturated heterocycles. The Morgan fingerprint density at radius 1 is 1.22 bits per heavy atom. The third-order valence-electron chi connectivity index (χ3n) is 2.74. The summed E-state index contributed by atoms with van der Waals surface area (Å²) in [4.78, 5) is 24.2. The Morgan fingerprint density at radius 3 is 2.94 bits per heavy atom. The van der Waals surface area contributed by atoms with Crippen molar-refractivity contribution in [2.24, 2.45) is 0 Å². The Bertz CT molecular complexity index is 757. The average molecular weight is 258 g/mol. The number of halogens is 1. The van der Waals surface area contributed by atoms with Gasteiger partial charge in [0.1, 0.15) is 5.69 Å². The summed E-state index contributed by atoms with van der Waals surface area (Å²) < 4.78 is 0. The van der Waals surface area contributed by atoms with Gasteiger partial charge < -0.3 is 0 Å². The van der Waals surface area contributed by atoms with E-state index in [0.717, 1.165) is 16.3 Å². The molecule has 88 valence electrons. The van der Waals surface area contributed by atoms with Crippen molar-refractivity contribution in [1.82, 2.24) is 15.0 Å². The molecular weight excluding hydrogens is 250 g/mol. The summed E-state index contributed by atoms with van der Waals surface area (Å²) in [6.45, 7) is 0. The Hall–Kier alpha value is -2.07. The Labute approximate surface area is 108 Å². The number of carbonyl (C=O) groups is 1. The lowest BCUT2D eigenvalue weighted by Crippen LogP contribution is -2.04. The van der Waals surface area contributed by atoms with Gasteiger partial charge in [-0.1, -0.05) is 6.07 Å². The number of hydrogen-bond donors (Lipinski definition) is 0. The molecule has 5 heteroatoms. The quantitative estimate of drug-likeness (QED) is 0.402. The van der Waals surface area contributed by atoms with Crippen LogP contribution in [0.2, 0.25) is 0 Å². The zero-order valence-corrected chi connectivity index (χ0v) is 10.1. The smallest absolute Gasteiger partial charge is 0.197 e. The van der Waals surface area contributed by atoms with Gasteiger partial charge >= 0.3 is 0 Å². The molecule has 0 amide bonds. The minimum absolute atomic E-state index is 0.0940. The van der Waals surface area contributed by atoms with E-state index in [0.29, 0.717) is 5.52 Å². The van der Waals surface area contributed by atoms with Crippen LogP contribution in [0.5, 0.6) is 0 Å². The standard InChI is InChI=1S/C13H8ClN3O/c14-5-12(18)11-7-16-10-2-1-8-3-4-15-6-9(8)13(10)17-11/h1-4,6-7H,5H2. The van der Waals surface area contributed by atoms with Gasteiger partial charge in [0.2, 0.25) is 0 Å².